The largest absolute Gasteiger partial charge is 0.355 e. The van der Waals surface area contributed by atoms with Crippen molar-refractivity contribution in [3.63, 3.8) is 0 Å². The van der Waals surface area contributed by atoms with Crippen LogP contribution in [0, 0.1) is 5.82 Å². The van der Waals surface area contributed by atoms with Crippen LogP contribution in [0.1, 0.15) is 22.3 Å². The molecule has 0 aliphatic carbocycles. The van der Waals surface area contributed by atoms with Crippen LogP contribution in [0.5, 0.6) is 0 Å². The van der Waals surface area contributed by atoms with Gasteiger partial charge in [0, 0.05) is 12.1 Å². The van der Waals surface area contributed by atoms with E-state index in [1.165, 1.54) is 23.8 Å². The first-order chi connectivity index (χ1) is 11.1. The molecule has 0 spiro atoms. The Labute approximate surface area is 134 Å². The van der Waals surface area contributed by atoms with Crippen molar-refractivity contribution >= 4 is 11.8 Å². The number of nitrogens with one attached hydrogen (secondary N) is 2. The van der Waals surface area contributed by atoms with Gasteiger partial charge in [-0.15, -0.1) is 0 Å². The first kappa shape index (κ1) is 16.7. The summed E-state index contributed by atoms with van der Waals surface area (Å²) >= 11 is 0. The van der Waals surface area contributed by atoms with Gasteiger partial charge in [-0.25, -0.2) is 4.39 Å². The number of hydrogen-bond donors (Lipinski definition) is 2. The van der Waals surface area contributed by atoms with Crippen LogP contribution >= 0.6 is 0 Å². The van der Waals surface area contributed by atoms with E-state index < -0.39 is 11.7 Å². The maximum Gasteiger partial charge on any atom is 0.251 e. The molecule has 0 unspecified atom stereocenters. The second-order valence-electron chi connectivity index (χ2n) is 5.13. The molecule has 0 aliphatic heterocycles. The first-order valence-electron chi connectivity index (χ1n) is 7.49. The summed E-state index contributed by atoms with van der Waals surface area (Å²) in [7, 11) is 0. The lowest BCUT2D eigenvalue weighted by atomic mass is 10.1. The summed E-state index contributed by atoms with van der Waals surface area (Å²) < 4.78 is 13.0. The molecule has 120 valence electrons. The molecule has 0 radical (unpaired) electrons. The Bertz CT molecular complexity index is 659. The third kappa shape index (κ3) is 5.90. The quantitative estimate of drug-likeness (QED) is 0.771. The molecule has 0 heterocycles. The normalized spacial score (nSPS) is 10.1. The molecule has 2 amide bonds. The molecule has 2 aromatic carbocycles. The van der Waals surface area contributed by atoms with Crippen molar-refractivity contribution in [3.05, 3.63) is 71.5 Å². The van der Waals surface area contributed by atoms with Gasteiger partial charge in [0.05, 0.1) is 6.54 Å². The Hall–Kier alpha value is -2.69. The van der Waals surface area contributed by atoms with Crippen LogP contribution < -0.4 is 10.6 Å². The molecule has 0 fully saturated rings. The average molecular weight is 314 g/mol. The molecule has 2 N–H and O–H groups in total. The highest BCUT2D eigenvalue weighted by Gasteiger charge is 2.08. The number of benzene rings is 2. The van der Waals surface area contributed by atoms with Gasteiger partial charge in [0.25, 0.3) is 5.91 Å². The van der Waals surface area contributed by atoms with Crippen LogP contribution in [0.15, 0.2) is 54.6 Å². The fourth-order valence-corrected chi connectivity index (χ4v) is 2.12. The molecule has 2 rings (SSSR count). The minimum atomic E-state index is -0.483. The highest BCUT2D eigenvalue weighted by atomic mass is 19.1. The Morgan fingerprint density at radius 3 is 2.48 bits per heavy atom. The van der Waals surface area contributed by atoms with E-state index in [2.05, 4.69) is 10.6 Å². The van der Waals surface area contributed by atoms with Gasteiger partial charge >= 0.3 is 0 Å². The smallest absolute Gasteiger partial charge is 0.251 e. The molecule has 23 heavy (non-hydrogen) atoms. The highest BCUT2D eigenvalue weighted by Crippen LogP contribution is 2.03. The minimum absolute atomic E-state index is 0.124. The number of halogens is 1. The number of hydrogen-bond acceptors (Lipinski definition) is 2. The van der Waals surface area contributed by atoms with Crippen molar-refractivity contribution in [2.75, 3.05) is 13.1 Å². The van der Waals surface area contributed by atoms with Crippen molar-refractivity contribution in [1.29, 1.82) is 0 Å². The highest BCUT2D eigenvalue weighted by molar-refractivity contribution is 5.96. The summed E-state index contributed by atoms with van der Waals surface area (Å²) in [4.78, 5) is 23.4. The summed E-state index contributed by atoms with van der Waals surface area (Å²) in [6.45, 7) is 0.421. The second kappa shape index (κ2) is 8.68. The number of aryl methyl sites for hydroxylation is 1. The zero-order chi connectivity index (χ0) is 16.5. The van der Waals surface area contributed by atoms with Crippen molar-refractivity contribution in [3.8, 4) is 0 Å². The number of carbonyl (C=O) groups is 2. The third-order valence-corrected chi connectivity index (χ3v) is 3.30. The summed E-state index contributed by atoms with van der Waals surface area (Å²) in [5, 5.41) is 5.21. The summed E-state index contributed by atoms with van der Waals surface area (Å²) in [6.07, 6.45) is 1.71. The minimum Gasteiger partial charge on any atom is -0.355 e. The van der Waals surface area contributed by atoms with E-state index in [4.69, 9.17) is 0 Å². The lowest BCUT2D eigenvalue weighted by Gasteiger charge is -2.07. The van der Waals surface area contributed by atoms with E-state index >= 15 is 0 Å². The number of carbonyl (C=O) groups excluding carboxylic acids is 2. The molecule has 0 atom stereocenters. The van der Waals surface area contributed by atoms with Crippen molar-refractivity contribution in [2.24, 2.45) is 0 Å². The van der Waals surface area contributed by atoms with Gasteiger partial charge in [-0.05, 0) is 36.6 Å². The SMILES string of the molecule is O=C(CNC(=O)c1cccc(F)c1)NCCCc1ccccc1. The first-order valence-corrected chi connectivity index (χ1v) is 7.49. The fourth-order valence-electron chi connectivity index (χ4n) is 2.12. The summed E-state index contributed by atoms with van der Waals surface area (Å²) in [6, 6.07) is 15.4. The fraction of sp³-hybridized carbons (Fsp3) is 0.222. The molecule has 0 saturated carbocycles. The van der Waals surface area contributed by atoms with E-state index in [0.29, 0.717) is 6.54 Å². The Kier molecular flexibility index (Phi) is 6.29. The van der Waals surface area contributed by atoms with Gasteiger partial charge in [0.2, 0.25) is 5.91 Å². The number of amides is 2. The molecular weight excluding hydrogens is 295 g/mol. The predicted molar refractivity (Wildman–Crippen MR) is 86.5 cm³/mol. The topological polar surface area (TPSA) is 58.2 Å². The van der Waals surface area contributed by atoms with Crippen molar-refractivity contribution in [2.45, 2.75) is 12.8 Å². The molecule has 0 aromatic heterocycles. The molecule has 0 saturated heterocycles. The van der Waals surface area contributed by atoms with E-state index in [9.17, 15) is 14.0 Å². The molecular formula is C18H19FN2O2. The predicted octanol–water partition coefficient (Wildman–Crippen LogP) is 2.30. The van der Waals surface area contributed by atoms with Gasteiger partial charge in [0.15, 0.2) is 0 Å². The van der Waals surface area contributed by atoms with Gasteiger partial charge in [-0.2, -0.15) is 0 Å². The zero-order valence-corrected chi connectivity index (χ0v) is 12.7. The zero-order valence-electron chi connectivity index (χ0n) is 12.7. The van der Waals surface area contributed by atoms with Crippen molar-refractivity contribution in [1.82, 2.24) is 10.6 Å². The van der Waals surface area contributed by atoms with Crippen LogP contribution in [0.3, 0.4) is 0 Å². The van der Waals surface area contributed by atoms with E-state index in [1.807, 2.05) is 30.3 Å². The van der Waals surface area contributed by atoms with Gasteiger partial charge < -0.3 is 10.6 Å². The second-order valence-corrected chi connectivity index (χ2v) is 5.13. The van der Waals surface area contributed by atoms with E-state index in [0.717, 1.165) is 18.9 Å². The van der Waals surface area contributed by atoms with E-state index in [1.54, 1.807) is 0 Å². The lowest BCUT2D eigenvalue weighted by molar-refractivity contribution is -0.120. The van der Waals surface area contributed by atoms with Crippen LogP contribution in [0.2, 0.25) is 0 Å². The third-order valence-electron chi connectivity index (χ3n) is 3.30. The maximum atomic E-state index is 13.0. The van der Waals surface area contributed by atoms with Crippen LogP contribution in [-0.4, -0.2) is 24.9 Å². The van der Waals surface area contributed by atoms with Gasteiger partial charge in [-0.1, -0.05) is 36.4 Å². The van der Waals surface area contributed by atoms with Crippen molar-refractivity contribution < 1.29 is 14.0 Å². The van der Waals surface area contributed by atoms with E-state index in [-0.39, 0.29) is 18.0 Å². The average Bonchev–Trinajstić information content (AvgIpc) is 2.57. The van der Waals surface area contributed by atoms with Gasteiger partial charge in [-0.3, -0.25) is 9.59 Å². The summed E-state index contributed by atoms with van der Waals surface area (Å²) in [5.74, 6) is -1.21. The molecule has 2 aromatic rings. The molecule has 5 heteroatoms. The standard InChI is InChI=1S/C18H19FN2O2/c19-16-10-4-9-15(12-16)18(23)21-13-17(22)20-11-5-8-14-6-2-1-3-7-14/h1-4,6-7,9-10,12H,5,8,11,13H2,(H,20,22)(H,21,23). The van der Waals surface area contributed by atoms with Crippen LogP contribution in [0.25, 0.3) is 0 Å². The Morgan fingerprint density at radius 1 is 0.957 bits per heavy atom. The Balaban J connectivity index is 1.64. The molecule has 4 nitrogen and oxygen atoms in total. The monoisotopic (exact) mass is 314 g/mol. The lowest BCUT2D eigenvalue weighted by Crippen LogP contribution is -2.37. The van der Waals surface area contributed by atoms with Crippen LogP contribution in [0.4, 0.5) is 4.39 Å². The van der Waals surface area contributed by atoms with Crippen LogP contribution in [-0.2, 0) is 11.2 Å². The molecule has 0 aliphatic rings. The maximum absolute atomic E-state index is 13.0. The Morgan fingerprint density at radius 2 is 1.74 bits per heavy atom. The van der Waals surface area contributed by atoms with Gasteiger partial charge in [0.1, 0.15) is 5.82 Å². The summed E-state index contributed by atoms with van der Waals surface area (Å²) in [5.41, 5.74) is 1.42. The number of rotatable bonds is 7. The molecule has 0 bridgehead atoms.